The molecule has 1 rings (SSSR count). The third kappa shape index (κ3) is 3.24. The fourth-order valence-electron chi connectivity index (χ4n) is 1.38. The number of nitrogen functional groups attached to an aromatic ring is 1. The summed E-state index contributed by atoms with van der Waals surface area (Å²) >= 11 is 0. The van der Waals surface area contributed by atoms with Crippen LogP contribution >= 0.6 is 0 Å². The van der Waals surface area contributed by atoms with Crippen LogP contribution in [0.25, 0.3) is 0 Å². The highest BCUT2D eigenvalue weighted by molar-refractivity contribution is 7.89. The van der Waals surface area contributed by atoms with Crippen molar-refractivity contribution in [2.24, 2.45) is 0 Å². The van der Waals surface area contributed by atoms with E-state index >= 15 is 0 Å². The lowest BCUT2D eigenvalue weighted by Gasteiger charge is -2.14. The van der Waals surface area contributed by atoms with Gasteiger partial charge in [-0.2, -0.15) is 0 Å². The van der Waals surface area contributed by atoms with Crippen LogP contribution in [-0.2, 0) is 10.0 Å². The highest BCUT2D eigenvalue weighted by atomic mass is 32.2. The SMILES string of the molecule is C=CCCNc1ccc(S(=O)(=O)N(C)C)cc1N. The van der Waals surface area contributed by atoms with Gasteiger partial charge in [0.25, 0.3) is 0 Å². The first kappa shape index (κ1) is 14.5. The molecule has 0 heterocycles. The van der Waals surface area contributed by atoms with Crippen molar-refractivity contribution >= 4 is 21.4 Å². The quantitative estimate of drug-likeness (QED) is 0.466. The van der Waals surface area contributed by atoms with Crippen molar-refractivity contribution in [3.63, 3.8) is 0 Å². The maximum atomic E-state index is 11.9. The molecule has 18 heavy (non-hydrogen) atoms. The van der Waals surface area contributed by atoms with Gasteiger partial charge in [-0.15, -0.1) is 6.58 Å². The zero-order valence-corrected chi connectivity index (χ0v) is 11.5. The number of nitrogens with two attached hydrogens (primary N) is 1. The Hall–Kier alpha value is -1.53. The maximum absolute atomic E-state index is 11.9. The van der Waals surface area contributed by atoms with Gasteiger partial charge in [-0.1, -0.05) is 6.08 Å². The number of hydrogen-bond acceptors (Lipinski definition) is 4. The van der Waals surface area contributed by atoms with Gasteiger partial charge in [0.15, 0.2) is 0 Å². The lowest BCUT2D eigenvalue weighted by atomic mass is 10.2. The molecular formula is C12H19N3O2S. The van der Waals surface area contributed by atoms with Crippen LogP contribution in [0.2, 0.25) is 0 Å². The van der Waals surface area contributed by atoms with Crippen LogP contribution < -0.4 is 11.1 Å². The minimum absolute atomic E-state index is 0.194. The monoisotopic (exact) mass is 269 g/mol. The first-order valence-corrected chi connectivity index (χ1v) is 7.00. The third-order valence-electron chi connectivity index (χ3n) is 2.47. The molecule has 0 aliphatic carbocycles. The van der Waals surface area contributed by atoms with Crippen LogP contribution in [0.1, 0.15) is 6.42 Å². The zero-order chi connectivity index (χ0) is 13.8. The van der Waals surface area contributed by atoms with E-state index in [1.54, 1.807) is 18.2 Å². The van der Waals surface area contributed by atoms with Crippen LogP contribution in [0.15, 0.2) is 35.7 Å². The molecule has 0 unspecified atom stereocenters. The molecule has 5 nitrogen and oxygen atoms in total. The number of sulfonamides is 1. The molecule has 0 aliphatic heterocycles. The van der Waals surface area contributed by atoms with Gasteiger partial charge in [-0.05, 0) is 24.6 Å². The molecule has 0 atom stereocenters. The van der Waals surface area contributed by atoms with Crippen LogP contribution in [-0.4, -0.2) is 33.4 Å². The largest absolute Gasteiger partial charge is 0.397 e. The lowest BCUT2D eigenvalue weighted by Crippen LogP contribution is -2.22. The minimum atomic E-state index is -3.43. The Labute approximate surface area is 108 Å². The number of nitrogens with zero attached hydrogens (tertiary/aromatic N) is 1. The van der Waals surface area contributed by atoms with Crippen molar-refractivity contribution in [2.45, 2.75) is 11.3 Å². The average Bonchev–Trinajstić information content (AvgIpc) is 2.31. The second-order valence-electron chi connectivity index (χ2n) is 4.04. The van der Waals surface area contributed by atoms with Crippen LogP contribution in [0.5, 0.6) is 0 Å². The summed E-state index contributed by atoms with van der Waals surface area (Å²) in [5, 5.41) is 3.12. The van der Waals surface area contributed by atoms with Gasteiger partial charge in [0, 0.05) is 20.6 Å². The molecule has 0 fully saturated rings. The van der Waals surface area contributed by atoms with E-state index in [1.807, 2.05) is 0 Å². The Balaban J connectivity index is 2.96. The van der Waals surface area contributed by atoms with Gasteiger partial charge in [-0.3, -0.25) is 0 Å². The van der Waals surface area contributed by atoms with E-state index in [2.05, 4.69) is 11.9 Å². The Morgan fingerprint density at radius 3 is 2.61 bits per heavy atom. The van der Waals surface area contributed by atoms with Crippen molar-refractivity contribution in [2.75, 3.05) is 31.7 Å². The normalized spacial score (nSPS) is 11.5. The molecule has 0 spiro atoms. The summed E-state index contributed by atoms with van der Waals surface area (Å²) in [6.07, 6.45) is 2.62. The number of anilines is 2. The second-order valence-corrected chi connectivity index (χ2v) is 6.19. The van der Waals surface area contributed by atoms with Crippen molar-refractivity contribution < 1.29 is 8.42 Å². The van der Waals surface area contributed by atoms with Crippen molar-refractivity contribution in [1.82, 2.24) is 4.31 Å². The van der Waals surface area contributed by atoms with Gasteiger partial charge in [0.2, 0.25) is 10.0 Å². The first-order valence-electron chi connectivity index (χ1n) is 5.56. The van der Waals surface area contributed by atoms with Gasteiger partial charge in [0.05, 0.1) is 16.3 Å². The number of nitrogens with one attached hydrogen (secondary N) is 1. The summed E-state index contributed by atoms with van der Waals surface area (Å²) in [5.74, 6) is 0. The van der Waals surface area contributed by atoms with Crippen LogP contribution in [0, 0.1) is 0 Å². The molecule has 3 N–H and O–H groups in total. The molecule has 0 aromatic heterocycles. The van der Waals surface area contributed by atoms with Crippen molar-refractivity contribution in [1.29, 1.82) is 0 Å². The van der Waals surface area contributed by atoms with E-state index in [1.165, 1.54) is 20.2 Å². The van der Waals surface area contributed by atoms with E-state index in [9.17, 15) is 8.42 Å². The lowest BCUT2D eigenvalue weighted by molar-refractivity contribution is 0.521. The van der Waals surface area contributed by atoms with Crippen LogP contribution in [0.3, 0.4) is 0 Å². The average molecular weight is 269 g/mol. The summed E-state index contributed by atoms with van der Waals surface area (Å²) in [7, 11) is -0.456. The number of hydrogen-bond donors (Lipinski definition) is 2. The Morgan fingerprint density at radius 1 is 1.44 bits per heavy atom. The van der Waals surface area contributed by atoms with E-state index < -0.39 is 10.0 Å². The Bertz CT molecular complexity index is 524. The molecule has 6 heteroatoms. The second kappa shape index (κ2) is 5.88. The third-order valence-corrected chi connectivity index (χ3v) is 4.28. The highest BCUT2D eigenvalue weighted by Crippen LogP contribution is 2.23. The topological polar surface area (TPSA) is 75.4 Å². The molecule has 0 radical (unpaired) electrons. The standard InChI is InChI=1S/C12H19N3O2S/c1-4-5-8-14-12-7-6-10(9-11(12)13)18(16,17)15(2)3/h4,6-7,9,14H,1,5,8,13H2,2-3H3. The summed E-state index contributed by atoms with van der Waals surface area (Å²) in [6, 6.07) is 4.68. The summed E-state index contributed by atoms with van der Waals surface area (Å²) in [6.45, 7) is 4.34. The predicted molar refractivity (Wildman–Crippen MR) is 75.0 cm³/mol. The molecule has 0 aliphatic rings. The molecule has 0 amide bonds. The number of rotatable bonds is 6. The first-order chi connectivity index (χ1) is 8.39. The fraction of sp³-hybridized carbons (Fsp3) is 0.333. The molecule has 0 saturated heterocycles. The fourth-order valence-corrected chi connectivity index (χ4v) is 2.32. The summed E-state index contributed by atoms with van der Waals surface area (Å²) in [5.41, 5.74) is 6.98. The molecule has 1 aromatic rings. The number of benzene rings is 1. The van der Waals surface area contributed by atoms with Gasteiger partial charge < -0.3 is 11.1 Å². The van der Waals surface area contributed by atoms with Gasteiger partial charge in [-0.25, -0.2) is 12.7 Å². The highest BCUT2D eigenvalue weighted by Gasteiger charge is 2.17. The van der Waals surface area contributed by atoms with E-state index in [4.69, 9.17) is 5.73 Å². The van der Waals surface area contributed by atoms with Gasteiger partial charge in [0.1, 0.15) is 0 Å². The van der Waals surface area contributed by atoms with Crippen molar-refractivity contribution in [3.8, 4) is 0 Å². The van der Waals surface area contributed by atoms with E-state index in [-0.39, 0.29) is 4.90 Å². The molecule has 100 valence electrons. The zero-order valence-electron chi connectivity index (χ0n) is 10.7. The Morgan fingerprint density at radius 2 is 2.11 bits per heavy atom. The Kier molecular flexibility index (Phi) is 4.75. The molecule has 0 bridgehead atoms. The molecule has 1 aromatic carbocycles. The smallest absolute Gasteiger partial charge is 0.242 e. The van der Waals surface area contributed by atoms with E-state index in [0.717, 1.165) is 16.4 Å². The van der Waals surface area contributed by atoms with Crippen molar-refractivity contribution in [3.05, 3.63) is 30.9 Å². The van der Waals surface area contributed by atoms with Crippen LogP contribution in [0.4, 0.5) is 11.4 Å². The van der Waals surface area contributed by atoms with Gasteiger partial charge >= 0.3 is 0 Å². The minimum Gasteiger partial charge on any atom is -0.397 e. The summed E-state index contributed by atoms with van der Waals surface area (Å²) < 4.78 is 24.9. The van der Waals surface area contributed by atoms with E-state index in [0.29, 0.717) is 12.2 Å². The predicted octanol–water partition coefficient (Wildman–Crippen LogP) is 1.51. The summed E-state index contributed by atoms with van der Waals surface area (Å²) in [4.78, 5) is 0.194. The maximum Gasteiger partial charge on any atom is 0.242 e. The molecule has 0 saturated carbocycles. The molecular weight excluding hydrogens is 250 g/mol.